The van der Waals surface area contributed by atoms with Crippen LogP contribution in [0, 0.1) is 11.3 Å². The van der Waals surface area contributed by atoms with E-state index >= 15 is 0 Å². The minimum absolute atomic E-state index is 0.0542. The van der Waals surface area contributed by atoms with E-state index in [9.17, 15) is 9.90 Å². The number of aliphatic hydroxyl groups is 1. The summed E-state index contributed by atoms with van der Waals surface area (Å²) in [5.41, 5.74) is 0.307. The van der Waals surface area contributed by atoms with E-state index in [4.69, 9.17) is 9.31 Å². The lowest BCUT2D eigenvalue weighted by Crippen LogP contribution is -2.47. The first-order valence-electron chi connectivity index (χ1n) is 10.2. The maximum absolute atomic E-state index is 12.5. The Morgan fingerprint density at radius 1 is 1.26 bits per heavy atom. The van der Waals surface area contributed by atoms with Gasteiger partial charge in [0.2, 0.25) is 0 Å². The number of nitrogens with zero attached hydrogens (tertiary/aromatic N) is 1. The summed E-state index contributed by atoms with van der Waals surface area (Å²) in [5.74, 6) is 0.213. The summed E-state index contributed by atoms with van der Waals surface area (Å²) in [4.78, 5) is 14.4. The molecule has 1 saturated heterocycles. The van der Waals surface area contributed by atoms with Crippen molar-refractivity contribution in [2.24, 2.45) is 11.3 Å². The number of carbonyl (C=O) groups is 1. The van der Waals surface area contributed by atoms with Crippen molar-refractivity contribution in [1.82, 2.24) is 10.2 Å². The second-order valence-corrected chi connectivity index (χ2v) is 9.77. The molecule has 2 aliphatic heterocycles. The summed E-state index contributed by atoms with van der Waals surface area (Å²) >= 11 is 0. The van der Waals surface area contributed by atoms with Crippen molar-refractivity contribution >= 4 is 13.1 Å². The van der Waals surface area contributed by atoms with Gasteiger partial charge in [0, 0.05) is 25.0 Å². The molecule has 0 aromatic heterocycles. The third-order valence-corrected chi connectivity index (χ3v) is 6.83. The SMILES string of the molecule is CC(C)C(O)C1(CNC(=O)N2CC=C(B3OC(C)(C)C(C)(C)O3)CC2)CC1. The number of carbonyl (C=O) groups excluding carboxylic acids is 1. The molecule has 7 heteroatoms. The molecule has 0 aromatic carbocycles. The second-order valence-electron chi connectivity index (χ2n) is 9.77. The van der Waals surface area contributed by atoms with Gasteiger partial charge >= 0.3 is 13.1 Å². The maximum Gasteiger partial charge on any atom is 0.490 e. The van der Waals surface area contributed by atoms with E-state index in [1.54, 1.807) is 0 Å². The maximum atomic E-state index is 12.5. The zero-order valence-corrected chi connectivity index (χ0v) is 17.7. The normalized spacial score (nSPS) is 26.7. The Morgan fingerprint density at radius 3 is 2.30 bits per heavy atom. The van der Waals surface area contributed by atoms with Crippen LogP contribution >= 0.6 is 0 Å². The number of hydrogen-bond donors (Lipinski definition) is 2. The van der Waals surface area contributed by atoms with Crippen LogP contribution in [0.15, 0.2) is 11.5 Å². The van der Waals surface area contributed by atoms with Crippen molar-refractivity contribution < 1.29 is 19.2 Å². The predicted octanol–water partition coefficient (Wildman–Crippen LogP) is 2.76. The summed E-state index contributed by atoms with van der Waals surface area (Å²) < 4.78 is 12.2. The third kappa shape index (κ3) is 4.05. The lowest BCUT2D eigenvalue weighted by atomic mass is 9.75. The van der Waals surface area contributed by atoms with Crippen molar-refractivity contribution in [2.45, 2.75) is 78.1 Å². The standard InChI is InChI=1S/C20H35BN2O4/c1-14(2)16(24)20(9-10-20)13-22-17(25)23-11-7-15(8-12-23)21-26-18(3,4)19(5,6)27-21/h7,14,16,24H,8-13H2,1-6H3,(H,22,25). The molecule has 152 valence electrons. The Hall–Kier alpha value is -1.05. The minimum Gasteiger partial charge on any atom is -0.400 e. The van der Waals surface area contributed by atoms with Gasteiger partial charge < -0.3 is 24.6 Å². The van der Waals surface area contributed by atoms with E-state index in [-0.39, 0.29) is 41.8 Å². The van der Waals surface area contributed by atoms with Crippen LogP contribution < -0.4 is 5.32 Å². The van der Waals surface area contributed by atoms with Gasteiger partial charge in [-0.1, -0.05) is 19.9 Å². The Labute approximate surface area is 163 Å². The molecule has 1 saturated carbocycles. The van der Waals surface area contributed by atoms with Crippen LogP contribution in [-0.4, -0.2) is 60.1 Å². The highest BCUT2D eigenvalue weighted by atomic mass is 16.7. The van der Waals surface area contributed by atoms with E-state index in [0.29, 0.717) is 19.6 Å². The molecule has 27 heavy (non-hydrogen) atoms. The van der Waals surface area contributed by atoms with Gasteiger partial charge in [-0.25, -0.2) is 4.79 Å². The Balaban J connectivity index is 1.51. The van der Waals surface area contributed by atoms with Crippen LogP contribution in [0.2, 0.25) is 0 Å². The molecule has 0 aromatic rings. The number of urea groups is 1. The van der Waals surface area contributed by atoms with E-state index < -0.39 is 0 Å². The smallest absolute Gasteiger partial charge is 0.400 e. The highest BCUT2D eigenvalue weighted by Gasteiger charge is 2.53. The van der Waals surface area contributed by atoms with E-state index in [1.165, 1.54) is 0 Å². The molecule has 0 spiro atoms. The van der Waals surface area contributed by atoms with Crippen molar-refractivity contribution in [3.8, 4) is 0 Å². The zero-order chi connectivity index (χ0) is 20.0. The molecular weight excluding hydrogens is 343 g/mol. The van der Waals surface area contributed by atoms with Crippen LogP contribution in [0.25, 0.3) is 0 Å². The van der Waals surface area contributed by atoms with Crippen LogP contribution in [0.5, 0.6) is 0 Å². The van der Waals surface area contributed by atoms with E-state index in [0.717, 1.165) is 24.7 Å². The van der Waals surface area contributed by atoms with Gasteiger partial charge in [0.25, 0.3) is 0 Å². The number of nitrogens with one attached hydrogen (secondary N) is 1. The van der Waals surface area contributed by atoms with Gasteiger partial charge in [-0.05, 0) is 58.3 Å². The molecule has 6 nitrogen and oxygen atoms in total. The van der Waals surface area contributed by atoms with Crippen molar-refractivity contribution in [2.75, 3.05) is 19.6 Å². The summed E-state index contributed by atoms with van der Waals surface area (Å²) in [7, 11) is -0.323. The molecule has 3 rings (SSSR count). The fraction of sp³-hybridized carbons (Fsp3) is 0.850. The summed E-state index contributed by atoms with van der Waals surface area (Å²) in [6.07, 6.45) is 4.43. The van der Waals surface area contributed by atoms with Gasteiger partial charge in [0.15, 0.2) is 0 Å². The highest BCUT2D eigenvalue weighted by molar-refractivity contribution is 6.54. The largest absolute Gasteiger partial charge is 0.490 e. The molecule has 2 fully saturated rings. The molecule has 3 aliphatic rings. The van der Waals surface area contributed by atoms with Gasteiger partial charge in [-0.3, -0.25) is 0 Å². The van der Waals surface area contributed by atoms with Gasteiger partial charge in [0.05, 0.1) is 17.3 Å². The third-order valence-electron chi connectivity index (χ3n) is 6.83. The molecule has 1 unspecified atom stereocenters. The van der Waals surface area contributed by atoms with Crippen molar-refractivity contribution in [3.05, 3.63) is 11.5 Å². The summed E-state index contributed by atoms with van der Waals surface area (Å²) in [5, 5.41) is 13.4. The highest BCUT2D eigenvalue weighted by Crippen LogP contribution is 2.50. The predicted molar refractivity (Wildman–Crippen MR) is 106 cm³/mol. The van der Waals surface area contributed by atoms with Crippen LogP contribution in [0.1, 0.15) is 60.8 Å². The molecule has 0 bridgehead atoms. The Bertz CT molecular complexity index is 597. The van der Waals surface area contributed by atoms with E-state index in [2.05, 4.69) is 39.1 Å². The first-order valence-corrected chi connectivity index (χ1v) is 10.2. The molecule has 2 amide bonds. The topological polar surface area (TPSA) is 71.0 Å². The summed E-state index contributed by atoms with van der Waals surface area (Å²) in [6.45, 7) is 14.0. The number of hydrogen-bond acceptors (Lipinski definition) is 4. The molecule has 1 aliphatic carbocycles. The van der Waals surface area contributed by atoms with Crippen LogP contribution in [0.3, 0.4) is 0 Å². The first kappa shape index (κ1) is 20.7. The fourth-order valence-electron chi connectivity index (χ4n) is 3.89. The van der Waals surface area contributed by atoms with Crippen molar-refractivity contribution in [3.63, 3.8) is 0 Å². The van der Waals surface area contributed by atoms with Crippen molar-refractivity contribution in [1.29, 1.82) is 0 Å². The zero-order valence-electron chi connectivity index (χ0n) is 17.7. The molecule has 0 radical (unpaired) electrons. The number of rotatable bonds is 5. The monoisotopic (exact) mass is 378 g/mol. The molecular formula is C20H35BN2O4. The molecule has 2 heterocycles. The van der Waals surface area contributed by atoms with E-state index in [1.807, 2.05) is 18.7 Å². The second kappa shape index (κ2) is 7.09. The van der Waals surface area contributed by atoms with Crippen LogP contribution in [0.4, 0.5) is 4.79 Å². The molecule has 2 N–H and O–H groups in total. The number of aliphatic hydroxyl groups excluding tert-OH is 1. The van der Waals surface area contributed by atoms with Crippen LogP contribution in [-0.2, 0) is 9.31 Å². The minimum atomic E-state index is -0.353. The Morgan fingerprint density at radius 2 is 1.85 bits per heavy atom. The van der Waals surface area contributed by atoms with Gasteiger partial charge in [-0.15, -0.1) is 0 Å². The van der Waals surface area contributed by atoms with Gasteiger partial charge in [-0.2, -0.15) is 0 Å². The first-order chi connectivity index (χ1) is 12.5. The Kier molecular flexibility index (Phi) is 5.43. The fourth-order valence-corrected chi connectivity index (χ4v) is 3.89. The average Bonchev–Trinajstić information content (AvgIpc) is 3.34. The average molecular weight is 378 g/mol. The molecule has 1 atom stereocenters. The summed E-state index contributed by atoms with van der Waals surface area (Å²) in [6, 6.07) is -0.0542. The lowest BCUT2D eigenvalue weighted by molar-refractivity contribution is 0.00578. The van der Waals surface area contributed by atoms with Gasteiger partial charge in [0.1, 0.15) is 0 Å². The quantitative estimate of drug-likeness (QED) is 0.722. The lowest BCUT2D eigenvalue weighted by Gasteiger charge is -2.32. The number of amides is 2.